The summed E-state index contributed by atoms with van der Waals surface area (Å²) < 4.78 is 6.81. The van der Waals surface area contributed by atoms with Gasteiger partial charge in [-0.3, -0.25) is 4.79 Å². The monoisotopic (exact) mass is 318 g/mol. The van der Waals surface area contributed by atoms with Crippen LogP contribution in [0.25, 0.3) is 17.3 Å². The number of aromatic nitrogens is 2. The highest BCUT2D eigenvalue weighted by Gasteiger charge is 2.07. The van der Waals surface area contributed by atoms with Crippen molar-refractivity contribution in [1.29, 1.82) is 0 Å². The Bertz CT molecular complexity index is 899. The van der Waals surface area contributed by atoms with Gasteiger partial charge in [0, 0.05) is 11.6 Å². The first-order valence-corrected chi connectivity index (χ1v) is 7.71. The van der Waals surface area contributed by atoms with Gasteiger partial charge in [-0.25, -0.2) is 4.68 Å². The van der Waals surface area contributed by atoms with E-state index in [1.807, 2.05) is 66.7 Å². The molecule has 4 heteroatoms. The molecule has 0 aliphatic rings. The predicted octanol–water partition coefficient (Wildman–Crippen LogP) is 3.63. The van der Waals surface area contributed by atoms with Gasteiger partial charge in [0.25, 0.3) is 5.56 Å². The first-order chi connectivity index (χ1) is 11.8. The third kappa shape index (κ3) is 3.60. The molecule has 1 aromatic heterocycles. The van der Waals surface area contributed by atoms with E-state index in [1.54, 1.807) is 13.2 Å². The number of para-hydroxylation sites is 1. The van der Waals surface area contributed by atoms with Gasteiger partial charge in [0.15, 0.2) is 0 Å². The van der Waals surface area contributed by atoms with Gasteiger partial charge in [-0.15, -0.1) is 0 Å². The lowest BCUT2D eigenvalue weighted by molar-refractivity contribution is 0.416. The van der Waals surface area contributed by atoms with Gasteiger partial charge in [-0.1, -0.05) is 54.6 Å². The molecule has 0 aliphatic heterocycles. The van der Waals surface area contributed by atoms with Crippen molar-refractivity contribution < 1.29 is 4.74 Å². The Labute approximate surface area is 140 Å². The number of rotatable bonds is 5. The molecular weight excluding hydrogens is 300 g/mol. The van der Waals surface area contributed by atoms with Crippen LogP contribution in [0.1, 0.15) is 5.56 Å². The van der Waals surface area contributed by atoms with Crippen LogP contribution in [0.15, 0.2) is 77.6 Å². The molecule has 4 nitrogen and oxygen atoms in total. The lowest BCUT2D eigenvalue weighted by atomic mass is 10.1. The lowest BCUT2D eigenvalue weighted by Gasteiger charge is -2.09. The average molecular weight is 318 g/mol. The zero-order valence-corrected chi connectivity index (χ0v) is 13.4. The molecule has 0 bridgehead atoms. The van der Waals surface area contributed by atoms with Gasteiger partial charge in [-0.05, 0) is 23.8 Å². The number of hydrogen-bond donors (Lipinski definition) is 0. The van der Waals surface area contributed by atoms with Crippen LogP contribution in [0.4, 0.5) is 0 Å². The van der Waals surface area contributed by atoms with Crippen LogP contribution in [-0.4, -0.2) is 16.9 Å². The number of hydrogen-bond acceptors (Lipinski definition) is 3. The summed E-state index contributed by atoms with van der Waals surface area (Å²) in [6.07, 6.45) is 3.90. The third-order valence-electron chi connectivity index (χ3n) is 3.64. The minimum absolute atomic E-state index is 0.133. The van der Waals surface area contributed by atoms with Crippen molar-refractivity contribution in [3.8, 4) is 17.0 Å². The second kappa shape index (κ2) is 7.42. The quantitative estimate of drug-likeness (QED) is 0.721. The van der Waals surface area contributed by atoms with E-state index < -0.39 is 0 Å². The molecule has 0 N–H and O–H groups in total. The molecule has 0 unspecified atom stereocenters. The number of nitrogens with zero attached hydrogens (tertiary/aromatic N) is 2. The minimum atomic E-state index is -0.133. The molecule has 3 aromatic rings. The highest BCUT2D eigenvalue weighted by Crippen LogP contribution is 2.27. The summed E-state index contributed by atoms with van der Waals surface area (Å²) in [7, 11) is 1.62. The van der Waals surface area contributed by atoms with Crippen LogP contribution >= 0.6 is 0 Å². The van der Waals surface area contributed by atoms with Gasteiger partial charge in [0.1, 0.15) is 5.75 Å². The van der Waals surface area contributed by atoms with E-state index in [-0.39, 0.29) is 5.56 Å². The van der Waals surface area contributed by atoms with Crippen molar-refractivity contribution in [1.82, 2.24) is 9.78 Å². The Morgan fingerprint density at radius 2 is 1.75 bits per heavy atom. The summed E-state index contributed by atoms with van der Waals surface area (Å²) in [5.41, 5.74) is 2.53. The molecule has 0 fully saturated rings. The zero-order chi connectivity index (χ0) is 16.8. The molecule has 0 aliphatic carbocycles. The Hall–Kier alpha value is -3.14. The van der Waals surface area contributed by atoms with Crippen LogP contribution in [0.2, 0.25) is 0 Å². The molecule has 1 heterocycles. The topological polar surface area (TPSA) is 44.1 Å². The molecule has 3 rings (SSSR count). The van der Waals surface area contributed by atoms with Crippen molar-refractivity contribution in [3.05, 3.63) is 88.7 Å². The SMILES string of the molecule is COc1ccccc1-c1ccc(=O)n(C/C=C/c2ccccc2)n1. The van der Waals surface area contributed by atoms with Crippen LogP contribution in [0.3, 0.4) is 0 Å². The molecular formula is C20H18N2O2. The Kier molecular flexibility index (Phi) is 4.87. The molecule has 0 radical (unpaired) electrons. The fourth-order valence-corrected chi connectivity index (χ4v) is 2.43. The maximum Gasteiger partial charge on any atom is 0.267 e. The molecule has 0 amide bonds. The Balaban J connectivity index is 1.87. The summed E-state index contributed by atoms with van der Waals surface area (Å²) in [4.78, 5) is 12.0. The first-order valence-electron chi connectivity index (χ1n) is 7.71. The number of benzene rings is 2. The van der Waals surface area contributed by atoms with Crippen LogP contribution in [-0.2, 0) is 6.54 Å². The van der Waals surface area contributed by atoms with Crippen molar-refractivity contribution >= 4 is 6.08 Å². The summed E-state index contributed by atoms with van der Waals surface area (Å²) in [5, 5.41) is 4.46. The molecule has 120 valence electrons. The normalized spacial score (nSPS) is 10.9. The standard InChI is InChI=1S/C20H18N2O2/c1-24-19-12-6-5-11-17(19)18-13-14-20(23)22(21-18)15-7-10-16-8-3-2-4-9-16/h2-14H,15H2,1H3/b10-7+. The van der Waals surface area contributed by atoms with Crippen LogP contribution in [0.5, 0.6) is 5.75 Å². The molecule has 0 spiro atoms. The van der Waals surface area contributed by atoms with Gasteiger partial charge in [-0.2, -0.15) is 5.10 Å². The summed E-state index contributed by atoms with van der Waals surface area (Å²) >= 11 is 0. The summed E-state index contributed by atoms with van der Waals surface area (Å²) in [5.74, 6) is 0.732. The number of ether oxygens (including phenoxy) is 1. The highest BCUT2D eigenvalue weighted by atomic mass is 16.5. The maximum atomic E-state index is 12.0. The van der Waals surface area contributed by atoms with Crippen molar-refractivity contribution in [3.63, 3.8) is 0 Å². The van der Waals surface area contributed by atoms with Crippen LogP contribution < -0.4 is 10.3 Å². The number of methoxy groups -OCH3 is 1. The van der Waals surface area contributed by atoms with Crippen molar-refractivity contribution in [2.24, 2.45) is 0 Å². The predicted molar refractivity (Wildman–Crippen MR) is 96.0 cm³/mol. The molecule has 2 aromatic carbocycles. The van der Waals surface area contributed by atoms with E-state index in [4.69, 9.17) is 4.74 Å². The fraction of sp³-hybridized carbons (Fsp3) is 0.100. The second-order valence-electron chi connectivity index (χ2n) is 5.25. The van der Waals surface area contributed by atoms with E-state index in [1.165, 1.54) is 10.7 Å². The summed E-state index contributed by atoms with van der Waals surface area (Å²) in [6.45, 7) is 0.413. The molecule has 0 atom stereocenters. The second-order valence-corrected chi connectivity index (χ2v) is 5.25. The van der Waals surface area contributed by atoms with Crippen molar-refractivity contribution in [2.75, 3.05) is 7.11 Å². The zero-order valence-electron chi connectivity index (χ0n) is 13.4. The smallest absolute Gasteiger partial charge is 0.267 e. The van der Waals surface area contributed by atoms with Gasteiger partial charge in [0.05, 0.1) is 19.3 Å². The van der Waals surface area contributed by atoms with Gasteiger partial charge < -0.3 is 4.74 Å². The number of allylic oxidation sites excluding steroid dienone is 1. The largest absolute Gasteiger partial charge is 0.496 e. The third-order valence-corrected chi connectivity index (χ3v) is 3.64. The summed E-state index contributed by atoms with van der Waals surface area (Å²) in [6, 6.07) is 20.8. The minimum Gasteiger partial charge on any atom is -0.496 e. The van der Waals surface area contributed by atoms with Crippen molar-refractivity contribution in [2.45, 2.75) is 6.54 Å². The Morgan fingerprint density at radius 3 is 2.54 bits per heavy atom. The van der Waals surface area contributed by atoms with E-state index in [0.717, 1.165) is 16.9 Å². The van der Waals surface area contributed by atoms with Crippen LogP contribution in [0, 0.1) is 0 Å². The molecule has 0 saturated heterocycles. The van der Waals surface area contributed by atoms with Gasteiger partial charge >= 0.3 is 0 Å². The fourth-order valence-electron chi connectivity index (χ4n) is 2.43. The van der Waals surface area contributed by atoms with E-state index in [9.17, 15) is 4.79 Å². The maximum absolute atomic E-state index is 12.0. The van der Waals surface area contributed by atoms with E-state index in [2.05, 4.69) is 5.10 Å². The van der Waals surface area contributed by atoms with Gasteiger partial charge in [0.2, 0.25) is 0 Å². The molecule has 0 saturated carbocycles. The highest BCUT2D eigenvalue weighted by molar-refractivity contribution is 5.66. The first kappa shape index (κ1) is 15.7. The van der Waals surface area contributed by atoms with E-state index >= 15 is 0 Å². The molecule has 24 heavy (non-hydrogen) atoms. The average Bonchev–Trinajstić information content (AvgIpc) is 2.64. The lowest BCUT2D eigenvalue weighted by Crippen LogP contribution is -2.21. The van der Waals surface area contributed by atoms with E-state index in [0.29, 0.717) is 12.2 Å². The Morgan fingerprint density at radius 1 is 1.00 bits per heavy atom.